The van der Waals surface area contributed by atoms with Crippen LogP contribution in [0.15, 0.2) is 48.5 Å². The Hall–Kier alpha value is -1.74. The first-order valence-electron chi connectivity index (χ1n) is 7.14. The van der Waals surface area contributed by atoms with Crippen LogP contribution in [-0.2, 0) is 10.5 Å². The zero-order valence-corrected chi connectivity index (χ0v) is 13.4. The fourth-order valence-electron chi connectivity index (χ4n) is 2.05. The summed E-state index contributed by atoms with van der Waals surface area (Å²) in [6.45, 7) is 4.25. The Morgan fingerprint density at radius 1 is 1.10 bits per heavy atom. The van der Waals surface area contributed by atoms with Gasteiger partial charge in [-0.2, -0.15) is 11.8 Å². The normalized spacial score (nSPS) is 10.4. The molecule has 0 aliphatic carbocycles. The lowest BCUT2D eigenvalue weighted by Gasteiger charge is -2.07. The molecule has 2 aromatic rings. The number of anilines is 1. The van der Waals surface area contributed by atoms with E-state index in [0.29, 0.717) is 6.42 Å². The largest absolute Gasteiger partial charge is 0.326 e. The molecular weight excluding hydrogens is 278 g/mol. The first-order valence-corrected chi connectivity index (χ1v) is 8.29. The Morgan fingerprint density at radius 2 is 1.86 bits per heavy atom. The van der Waals surface area contributed by atoms with E-state index in [-0.39, 0.29) is 5.91 Å². The molecular formula is C18H21NOS. The molecule has 2 rings (SSSR count). The van der Waals surface area contributed by atoms with Crippen LogP contribution in [0.2, 0.25) is 0 Å². The van der Waals surface area contributed by atoms with Gasteiger partial charge < -0.3 is 5.32 Å². The summed E-state index contributed by atoms with van der Waals surface area (Å²) in [6.07, 6.45) is 0.546. The van der Waals surface area contributed by atoms with Crippen molar-refractivity contribution in [3.8, 4) is 0 Å². The van der Waals surface area contributed by atoms with E-state index in [2.05, 4.69) is 37.4 Å². The van der Waals surface area contributed by atoms with Gasteiger partial charge in [0.2, 0.25) is 5.91 Å². The van der Waals surface area contributed by atoms with Gasteiger partial charge in [-0.3, -0.25) is 4.79 Å². The van der Waals surface area contributed by atoms with Crippen LogP contribution in [0.4, 0.5) is 5.69 Å². The maximum Gasteiger partial charge on any atom is 0.225 e. The molecule has 0 heterocycles. The summed E-state index contributed by atoms with van der Waals surface area (Å²) in [5.74, 6) is 1.88. The van der Waals surface area contributed by atoms with Gasteiger partial charge in [0, 0.05) is 23.6 Å². The second-order valence-electron chi connectivity index (χ2n) is 5.15. The number of nitrogens with one attached hydrogen (secondary N) is 1. The summed E-state index contributed by atoms with van der Waals surface area (Å²) >= 11 is 1.81. The molecule has 0 aliphatic heterocycles. The third-order valence-electron chi connectivity index (χ3n) is 3.29. The lowest BCUT2D eigenvalue weighted by Crippen LogP contribution is -2.12. The molecule has 1 amide bonds. The Balaban J connectivity index is 1.72. The molecule has 2 aromatic carbocycles. The van der Waals surface area contributed by atoms with Crippen molar-refractivity contribution in [2.75, 3.05) is 11.1 Å². The molecule has 0 unspecified atom stereocenters. The summed E-state index contributed by atoms with van der Waals surface area (Å²) in [5, 5.41) is 2.91. The third-order valence-corrected chi connectivity index (χ3v) is 4.30. The Labute approximate surface area is 131 Å². The highest BCUT2D eigenvalue weighted by Crippen LogP contribution is 2.18. The Morgan fingerprint density at radius 3 is 2.62 bits per heavy atom. The Bertz CT molecular complexity index is 595. The number of carbonyl (C=O) groups excluding carboxylic acids is 1. The molecule has 0 saturated carbocycles. The van der Waals surface area contributed by atoms with E-state index in [0.717, 1.165) is 17.2 Å². The van der Waals surface area contributed by atoms with Gasteiger partial charge in [0.05, 0.1) is 0 Å². The van der Waals surface area contributed by atoms with Crippen LogP contribution in [0, 0.1) is 13.8 Å². The molecule has 0 saturated heterocycles. The van der Waals surface area contributed by atoms with Crippen molar-refractivity contribution in [2.45, 2.75) is 26.0 Å². The van der Waals surface area contributed by atoms with Crippen molar-refractivity contribution >= 4 is 23.4 Å². The minimum absolute atomic E-state index is 0.0784. The summed E-state index contributed by atoms with van der Waals surface area (Å²) in [6, 6.07) is 16.1. The zero-order chi connectivity index (χ0) is 15.1. The van der Waals surface area contributed by atoms with E-state index in [1.807, 2.05) is 42.1 Å². The summed E-state index contributed by atoms with van der Waals surface area (Å²) in [5.41, 5.74) is 4.84. The topological polar surface area (TPSA) is 29.1 Å². The number of hydrogen-bond acceptors (Lipinski definition) is 2. The number of aryl methyl sites for hydroxylation is 2. The maximum absolute atomic E-state index is 11.8. The van der Waals surface area contributed by atoms with Crippen LogP contribution in [0.3, 0.4) is 0 Å². The average molecular weight is 299 g/mol. The van der Waals surface area contributed by atoms with Gasteiger partial charge in [-0.25, -0.2) is 0 Å². The molecule has 0 fully saturated rings. The number of para-hydroxylation sites is 1. The maximum atomic E-state index is 11.8. The van der Waals surface area contributed by atoms with Gasteiger partial charge in [0.25, 0.3) is 0 Å². The average Bonchev–Trinajstić information content (AvgIpc) is 2.48. The molecule has 21 heavy (non-hydrogen) atoms. The van der Waals surface area contributed by atoms with Gasteiger partial charge in [-0.1, -0.05) is 42.0 Å². The zero-order valence-electron chi connectivity index (χ0n) is 12.6. The molecule has 0 aliphatic rings. The molecule has 110 valence electrons. The van der Waals surface area contributed by atoms with Gasteiger partial charge >= 0.3 is 0 Å². The number of hydrogen-bond donors (Lipinski definition) is 1. The highest BCUT2D eigenvalue weighted by atomic mass is 32.2. The number of benzene rings is 2. The molecule has 2 nitrogen and oxygen atoms in total. The summed E-state index contributed by atoms with van der Waals surface area (Å²) in [7, 11) is 0. The van der Waals surface area contributed by atoms with Crippen molar-refractivity contribution in [2.24, 2.45) is 0 Å². The standard InChI is InChI=1S/C18H21NOS/c1-14-8-9-15(2)16(12-14)13-21-11-10-18(20)19-17-6-4-3-5-7-17/h3-9,12H,10-11,13H2,1-2H3,(H,19,20). The van der Waals surface area contributed by atoms with E-state index in [1.165, 1.54) is 16.7 Å². The molecule has 1 N–H and O–H groups in total. The van der Waals surface area contributed by atoms with Crippen molar-refractivity contribution in [3.05, 3.63) is 65.2 Å². The van der Waals surface area contributed by atoms with E-state index in [9.17, 15) is 4.79 Å². The third kappa shape index (κ3) is 5.27. The van der Waals surface area contributed by atoms with Gasteiger partial charge in [0.1, 0.15) is 0 Å². The molecule has 0 aromatic heterocycles. The van der Waals surface area contributed by atoms with Crippen molar-refractivity contribution < 1.29 is 4.79 Å². The summed E-state index contributed by atoms with van der Waals surface area (Å²) < 4.78 is 0. The van der Waals surface area contributed by atoms with Crippen LogP contribution in [0.1, 0.15) is 23.1 Å². The SMILES string of the molecule is Cc1ccc(C)c(CSCCC(=O)Nc2ccccc2)c1. The second-order valence-corrected chi connectivity index (χ2v) is 6.25. The molecule has 3 heteroatoms. The van der Waals surface area contributed by atoms with Crippen LogP contribution < -0.4 is 5.32 Å². The fourth-order valence-corrected chi connectivity index (χ4v) is 3.05. The monoisotopic (exact) mass is 299 g/mol. The molecule has 0 spiro atoms. The predicted octanol–water partition coefficient (Wildman–Crippen LogP) is 4.57. The highest BCUT2D eigenvalue weighted by molar-refractivity contribution is 7.98. The first kappa shape index (κ1) is 15.6. The lowest BCUT2D eigenvalue weighted by atomic mass is 10.1. The van der Waals surface area contributed by atoms with E-state index >= 15 is 0 Å². The second kappa shape index (κ2) is 7.89. The minimum Gasteiger partial charge on any atom is -0.326 e. The van der Waals surface area contributed by atoms with Gasteiger partial charge in [-0.15, -0.1) is 0 Å². The number of rotatable bonds is 6. The Kier molecular flexibility index (Phi) is 5.88. The van der Waals surface area contributed by atoms with Crippen LogP contribution in [0.25, 0.3) is 0 Å². The van der Waals surface area contributed by atoms with Crippen LogP contribution in [0.5, 0.6) is 0 Å². The fraction of sp³-hybridized carbons (Fsp3) is 0.278. The first-order chi connectivity index (χ1) is 10.1. The molecule has 0 radical (unpaired) electrons. The van der Waals surface area contributed by atoms with Crippen molar-refractivity contribution in [1.29, 1.82) is 0 Å². The van der Waals surface area contributed by atoms with E-state index < -0.39 is 0 Å². The van der Waals surface area contributed by atoms with E-state index in [1.54, 1.807) is 0 Å². The smallest absolute Gasteiger partial charge is 0.225 e. The van der Waals surface area contributed by atoms with Crippen molar-refractivity contribution in [3.63, 3.8) is 0 Å². The highest BCUT2D eigenvalue weighted by Gasteiger charge is 2.03. The molecule has 0 bridgehead atoms. The number of amides is 1. The lowest BCUT2D eigenvalue weighted by molar-refractivity contribution is -0.115. The quantitative estimate of drug-likeness (QED) is 0.792. The number of carbonyl (C=O) groups is 1. The van der Waals surface area contributed by atoms with Gasteiger partial charge in [-0.05, 0) is 37.1 Å². The number of thioether (sulfide) groups is 1. The van der Waals surface area contributed by atoms with Crippen LogP contribution in [-0.4, -0.2) is 11.7 Å². The predicted molar refractivity (Wildman–Crippen MR) is 91.8 cm³/mol. The van der Waals surface area contributed by atoms with E-state index in [4.69, 9.17) is 0 Å². The van der Waals surface area contributed by atoms with Crippen molar-refractivity contribution in [1.82, 2.24) is 0 Å². The van der Waals surface area contributed by atoms with Crippen LogP contribution >= 0.6 is 11.8 Å². The summed E-state index contributed by atoms with van der Waals surface area (Å²) in [4.78, 5) is 11.8. The minimum atomic E-state index is 0.0784. The van der Waals surface area contributed by atoms with Gasteiger partial charge in [0.15, 0.2) is 0 Å². The molecule has 0 atom stereocenters.